The molecule has 0 saturated heterocycles. The molecule has 0 amide bonds. The number of hydrogen-bond acceptors (Lipinski definition) is 2. The fourth-order valence-corrected chi connectivity index (χ4v) is 2.52. The predicted molar refractivity (Wildman–Crippen MR) is 71.5 cm³/mol. The highest BCUT2D eigenvalue weighted by Crippen LogP contribution is 2.34. The molecule has 1 aromatic rings. The van der Waals surface area contributed by atoms with Crippen LogP contribution >= 0.6 is 0 Å². The van der Waals surface area contributed by atoms with Crippen molar-refractivity contribution < 1.29 is 4.79 Å². The molecular weight excluding hydrogens is 210 g/mol. The Balaban J connectivity index is 2.01. The molecule has 0 aliphatic heterocycles. The number of carbonyl (C=O) groups excluding carboxylic acids is 1. The van der Waals surface area contributed by atoms with Crippen LogP contribution in [-0.2, 0) is 0 Å². The molecule has 17 heavy (non-hydrogen) atoms. The fourth-order valence-electron chi connectivity index (χ4n) is 2.52. The van der Waals surface area contributed by atoms with E-state index in [0.29, 0.717) is 0 Å². The third-order valence-corrected chi connectivity index (χ3v) is 3.87. The van der Waals surface area contributed by atoms with E-state index in [1.165, 1.54) is 25.7 Å². The summed E-state index contributed by atoms with van der Waals surface area (Å²) in [7, 11) is 0. The van der Waals surface area contributed by atoms with Gasteiger partial charge in [-0.05, 0) is 62.8 Å². The average molecular weight is 231 g/mol. The zero-order valence-electron chi connectivity index (χ0n) is 10.7. The van der Waals surface area contributed by atoms with Gasteiger partial charge in [0.1, 0.15) is 6.29 Å². The van der Waals surface area contributed by atoms with Gasteiger partial charge >= 0.3 is 0 Å². The first-order valence-corrected chi connectivity index (χ1v) is 6.45. The second kappa shape index (κ2) is 4.91. The normalized spacial score (nSPS) is 28.7. The van der Waals surface area contributed by atoms with E-state index < -0.39 is 0 Å². The molecule has 1 N–H and O–H groups in total. The summed E-state index contributed by atoms with van der Waals surface area (Å²) in [5, 5.41) is 3.61. The predicted octanol–water partition coefficient (Wildman–Crippen LogP) is 3.88. The summed E-state index contributed by atoms with van der Waals surface area (Å²) in [5.74, 6) is 0.863. The summed E-state index contributed by atoms with van der Waals surface area (Å²) in [6.45, 7) is 4.63. The van der Waals surface area contributed by atoms with Crippen LogP contribution < -0.4 is 5.32 Å². The minimum Gasteiger partial charge on any atom is -0.380 e. The van der Waals surface area contributed by atoms with E-state index in [9.17, 15) is 4.79 Å². The van der Waals surface area contributed by atoms with Crippen LogP contribution in [0, 0.1) is 5.92 Å². The maximum absolute atomic E-state index is 10.6. The number of hydrogen-bond donors (Lipinski definition) is 1. The van der Waals surface area contributed by atoms with Gasteiger partial charge in [-0.15, -0.1) is 0 Å². The van der Waals surface area contributed by atoms with Gasteiger partial charge in [0.2, 0.25) is 0 Å². The molecule has 0 spiro atoms. The van der Waals surface area contributed by atoms with Crippen molar-refractivity contribution in [3.8, 4) is 0 Å². The van der Waals surface area contributed by atoms with Crippen LogP contribution in [0.25, 0.3) is 0 Å². The van der Waals surface area contributed by atoms with Crippen LogP contribution in [0.5, 0.6) is 0 Å². The monoisotopic (exact) mass is 231 g/mol. The zero-order valence-corrected chi connectivity index (χ0v) is 10.7. The molecule has 1 saturated carbocycles. The second-order valence-electron chi connectivity index (χ2n) is 5.61. The molecule has 2 rings (SSSR count). The van der Waals surface area contributed by atoms with E-state index in [1.807, 2.05) is 24.3 Å². The molecule has 0 atom stereocenters. The van der Waals surface area contributed by atoms with Gasteiger partial charge < -0.3 is 5.32 Å². The lowest BCUT2D eigenvalue weighted by Crippen LogP contribution is -2.38. The SMILES string of the molecule is CC1CCC(C)(Nc2ccc(C=O)cc2)CC1. The van der Waals surface area contributed by atoms with Crippen molar-refractivity contribution >= 4 is 12.0 Å². The van der Waals surface area contributed by atoms with Crippen molar-refractivity contribution in [2.75, 3.05) is 5.32 Å². The first-order valence-electron chi connectivity index (χ1n) is 6.45. The Morgan fingerprint density at radius 2 is 1.82 bits per heavy atom. The third kappa shape index (κ3) is 3.09. The van der Waals surface area contributed by atoms with E-state index in [4.69, 9.17) is 0 Å². The van der Waals surface area contributed by atoms with Crippen molar-refractivity contribution in [1.29, 1.82) is 0 Å². The second-order valence-corrected chi connectivity index (χ2v) is 5.61. The quantitative estimate of drug-likeness (QED) is 0.800. The van der Waals surface area contributed by atoms with Crippen LogP contribution in [0.4, 0.5) is 5.69 Å². The Morgan fingerprint density at radius 1 is 1.24 bits per heavy atom. The van der Waals surface area contributed by atoms with E-state index in [-0.39, 0.29) is 5.54 Å². The lowest BCUT2D eigenvalue weighted by Gasteiger charge is -2.38. The number of nitrogens with one attached hydrogen (secondary N) is 1. The Hall–Kier alpha value is -1.31. The van der Waals surface area contributed by atoms with Crippen LogP contribution in [0.2, 0.25) is 0 Å². The third-order valence-electron chi connectivity index (χ3n) is 3.87. The van der Waals surface area contributed by atoms with Crippen LogP contribution in [0.1, 0.15) is 49.9 Å². The summed E-state index contributed by atoms with van der Waals surface area (Å²) in [6.07, 6.45) is 5.94. The molecule has 2 heteroatoms. The smallest absolute Gasteiger partial charge is 0.150 e. The van der Waals surface area contributed by atoms with E-state index in [0.717, 1.165) is 23.5 Å². The van der Waals surface area contributed by atoms with Crippen molar-refractivity contribution in [3.05, 3.63) is 29.8 Å². The highest BCUT2D eigenvalue weighted by molar-refractivity contribution is 5.75. The highest BCUT2D eigenvalue weighted by Gasteiger charge is 2.29. The minimum absolute atomic E-state index is 0.217. The van der Waals surface area contributed by atoms with Crippen molar-refractivity contribution in [2.45, 2.75) is 45.1 Å². The average Bonchev–Trinajstić information content (AvgIpc) is 2.34. The molecule has 92 valence electrons. The number of aldehydes is 1. The lowest BCUT2D eigenvalue weighted by molar-refractivity contribution is 0.112. The van der Waals surface area contributed by atoms with Crippen molar-refractivity contribution in [1.82, 2.24) is 0 Å². The summed E-state index contributed by atoms with van der Waals surface area (Å²) >= 11 is 0. The molecule has 0 unspecified atom stereocenters. The molecule has 0 aromatic heterocycles. The highest BCUT2D eigenvalue weighted by atomic mass is 16.1. The van der Waals surface area contributed by atoms with Gasteiger partial charge in [-0.25, -0.2) is 0 Å². The van der Waals surface area contributed by atoms with Gasteiger partial charge in [-0.3, -0.25) is 4.79 Å². The minimum atomic E-state index is 0.217. The number of benzene rings is 1. The van der Waals surface area contributed by atoms with Crippen LogP contribution in [0.15, 0.2) is 24.3 Å². The number of rotatable bonds is 3. The number of anilines is 1. The van der Waals surface area contributed by atoms with Gasteiger partial charge in [0, 0.05) is 16.8 Å². The van der Waals surface area contributed by atoms with Gasteiger partial charge in [-0.1, -0.05) is 6.92 Å². The Kier molecular flexibility index (Phi) is 3.51. The Labute approximate surface area is 103 Å². The van der Waals surface area contributed by atoms with Gasteiger partial charge in [0.25, 0.3) is 0 Å². The van der Waals surface area contributed by atoms with Crippen LogP contribution in [-0.4, -0.2) is 11.8 Å². The topological polar surface area (TPSA) is 29.1 Å². The van der Waals surface area contributed by atoms with Gasteiger partial charge in [0.15, 0.2) is 0 Å². The molecular formula is C15H21NO. The summed E-state index contributed by atoms with van der Waals surface area (Å²) < 4.78 is 0. The molecule has 0 radical (unpaired) electrons. The number of carbonyl (C=O) groups is 1. The fraction of sp³-hybridized carbons (Fsp3) is 0.533. The van der Waals surface area contributed by atoms with E-state index in [1.54, 1.807) is 0 Å². The summed E-state index contributed by atoms with van der Waals surface area (Å²) in [5.41, 5.74) is 2.07. The Morgan fingerprint density at radius 3 is 2.35 bits per heavy atom. The van der Waals surface area contributed by atoms with Crippen molar-refractivity contribution in [2.24, 2.45) is 5.92 Å². The summed E-state index contributed by atoms with van der Waals surface area (Å²) in [6, 6.07) is 7.72. The maximum Gasteiger partial charge on any atom is 0.150 e. The summed E-state index contributed by atoms with van der Waals surface area (Å²) in [4.78, 5) is 10.6. The van der Waals surface area contributed by atoms with E-state index >= 15 is 0 Å². The molecule has 1 fully saturated rings. The lowest BCUT2D eigenvalue weighted by atomic mass is 9.78. The molecule has 1 aliphatic carbocycles. The van der Waals surface area contributed by atoms with E-state index in [2.05, 4.69) is 19.2 Å². The Bertz CT molecular complexity index is 374. The molecule has 1 aliphatic rings. The zero-order chi connectivity index (χ0) is 12.3. The molecule has 0 bridgehead atoms. The largest absolute Gasteiger partial charge is 0.380 e. The molecule has 2 nitrogen and oxygen atoms in total. The van der Waals surface area contributed by atoms with Crippen molar-refractivity contribution in [3.63, 3.8) is 0 Å². The van der Waals surface area contributed by atoms with Gasteiger partial charge in [-0.2, -0.15) is 0 Å². The van der Waals surface area contributed by atoms with Gasteiger partial charge in [0.05, 0.1) is 0 Å². The molecule has 0 heterocycles. The first kappa shape index (κ1) is 12.2. The first-order chi connectivity index (χ1) is 8.11. The van der Waals surface area contributed by atoms with Crippen LogP contribution in [0.3, 0.4) is 0 Å². The molecule has 1 aromatic carbocycles. The standard InChI is InChI=1S/C15H21NO/c1-12-7-9-15(2,10-8-12)16-14-5-3-13(11-17)4-6-14/h3-6,11-12,16H,7-10H2,1-2H3. The maximum atomic E-state index is 10.6.